The summed E-state index contributed by atoms with van der Waals surface area (Å²) in [6.45, 7) is 0. The lowest BCUT2D eigenvalue weighted by atomic mass is 9.95. The van der Waals surface area contributed by atoms with Crippen LogP contribution in [0.3, 0.4) is 0 Å². The van der Waals surface area contributed by atoms with Crippen LogP contribution in [0.2, 0.25) is 5.02 Å². The van der Waals surface area contributed by atoms with Gasteiger partial charge in [-0.15, -0.1) is 0 Å². The summed E-state index contributed by atoms with van der Waals surface area (Å²) in [6.07, 6.45) is 5.02. The van der Waals surface area contributed by atoms with Crippen LogP contribution >= 0.6 is 11.6 Å². The first-order valence-electron chi connectivity index (χ1n) is 8.41. The highest BCUT2D eigenvalue weighted by Crippen LogP contribution is 2.49. The molecule has 5 heteroatoms. The van der Waals surface area contributed by atoms with Gasteiger partial charge in [0.05, 0.1) is 5.41 Å². The Kier molecular flexibility index (Phi) is 4.35. The lowest BCUT2D eigenvalue weighted by Crippen LogP contribution is -2.27. The number of anilines is 1. The summed E-state index contributed by atoms with van der Waals surface area (Å²) in [6, 6.07) is 18.4. The van der Waals surface area contributed by atoms with Gasteiger partial charge < -0.3 is 10.1 Å². The van der Waals surface area contributed by atoms with Crippen molar-refractivity contribution in [1.82, 2.24) is 4.98 Å². The lowest BCUT2D eigenvalue weighted by molar-refractivity contribution is -0.118. The van der Waals surface area contributed by atoms with Gasteiger partial charge >= 0.3 is 0 Å². The molecule has 0 radical (unpaired) electrons. The smallest absolute Gasteiger partial charge is 0.235 e. The number of aromatic nitrogens is 1. The van der Waals surface area contributed by atoms with Gasteiger partial charge in [-0.2, -0.15) is 0 Å². The molecule has 26 heavy (non-hydrogen) atoms. The molecular weight excluding hydrogens is 348 g/mol. The quantitative estimate of drug-likeness (QED) is 0.677. The molecule has 1 saturated carbocycles. The third kappa shape index (κ3) is 3.41. The summed E-state index contributed by atoms with van der Waals surface area (Å²) >= 11 is 6.08. The first-order valence-corrected chi connectivity index (χ1v) is 8.79. The van der Waals surface area contributed by atoms with Crippen molar-refractivity contribution in [3.05, 3.63) is 83.6 Å². The van der Waals surface area contributed by atoms with E-state index in [1.54, 1.807) is 24.5 Å². The number of nitrogens with zero attached hydrogens (tertiary/aromatic N) is 1. The second-order valence-corrected chi connectivity index (χ2v) is 6.79. The number of nitrogens with one attached hydrogen (secondary N) is 1. The topological polar surface area (TPSA) is 51.2 Å². The zero-order chi connectivity index (χ0) is 18.0. The van der Waals surface area contributed by atoms with E-state index in [2.05, 4.69) is 10.3 Å². The molecule has 3 aromatic rings. The van der Waals surface area contributed by atoms with E-state index in [1.165, 1.54) is 0 Å². The molecule has 1 aromatic heterocycles. The van der Waals surface area contributed by atoms with Gasteiger partial charge in [0.15, 0.2) is 0 Å². The number of carbonyl (C=O) groups excluding carboxylic acids is 1. The average molecular weight is 365 g/mol. The number of carbonyl (C=O) groups is 1. The van der Waals surface area contributed by atoms with Crippen LogP contribution in [0, 0.1) is 0 Å². The normalized spacial score (nSPS) is 14.5. The Balaban J connectivity index is 1.45. The summed E-state index contributed by atoms with van der Waals surface area (Å²) in [7, 11) is 0. The molecular formula is C21H17ClN2O2. The van der Waals surface area contributed by atoms with Crippen molar-refractivity contribution in [2.45, 2.75) is 18.3 Å². The molecule has 4 rings (SSSR count). The molecule has 0 bridgehead atoms. The van der Waals surface area contributed by atoms with Gasteiger partial charge in [-0.05, 0) is 66.9 Å². The van der Waals surface area contributed by atoms with E-state index in [0.29, 0.717) is 10.8 Å². The molecule has 2 aromatic carbocycles. The Morgan fingerprint density at radius 2 is 1.69 bits per heavy atom. The summed E-state index contributed by atoms with van der Waals surface area (Å²) in [4.78, 5) is 16.7. The van der Waals surface area contributed by atoms with Gasteiger partial charge in [-0.3, -0.25) is 9.78 Å². The molecule has 1 aliphatic rings. The van der Waals surface area contributed by atoms with Gasteiger partial charge in [0, 0.05) is 23.1 Å². The highest BCUT2D eigenvalue weighted by atomic mass is 35.5. The minimum atomic E-state index is -0.461. The van der Waals surface area contributed by atoms with E-state index in [9.17, 15) is 4.79 Å². The third-order valence-electron chi connectivity index (χ3n) is 4.56. The number of hydrogen-bond donors (Lipinski definition) is 1. The second kappa shape index (κ2) is 6.81. The predicted octanol–water partition coefficient (Wildman–Crippen LogP) is 5.20. The number of ether oxygens (including phenoxy) is 1. The van der Waals surface area contributed by atoms with Crippen LogP contribution in [0.15, 0.2) is 73.1 Å². The zero-order valence-corrected chi connectivity index (χ0v) is 14.7. The maximum atomic E-state index is 12.8. The predicted molar refractivity (Wildman–Crippen MR) is 102 cm³/mol. The van der Waals surface area contributed by atoms with Crippen LogP contribution in [0.4, 0.5) is 5.69 Å². The maximum Gasteiger partial charge on any atom is 0.235 e. The number of halogens is 1. The van der Waals surface area contributed by atoms with Crippen LogP contribution < -0.4 is 10.1 Å². The van der Waals surface area contributed by atoms with Crippen molar-refractivity contribution in [1.29, 1.82) is 0 Å². The van der Waals surface area contributed by atoms with Crippen molar-refractivity contribution in [3.63, 3.8) is 0 Å². The van der Waals surface area contributed by atoms with E-state index in [-0.39, 0.29) is 5.91 Å². The van der Waals surface area contributed by atoms with Crippen LogP contribution in [-0.4, -0.2) is 10.9 Å². The van der Waals surface area contributed by atoms with Crippen molar-refractivity contribution < 1.29 is 9.53 Å². The molecule has 0 spiro atoms. The van der Waals surface area contributed by atoms with Crippen molar-refractivity contribution in [2.75, 3.05) is 5.32 Å². The van der Waals surface area contributed by atoms with Gasteiger partial charge in [-0.1, -0.05) is 23.7 Å². The molecule has 0 saturated heterocycles. The first-order chi connectivity index (χ1) is 12.7. The molecule has 4 nitrogen and oxygen atoms in total. The van der Waals surface area contributed by atoms with Crippen LogP contribution in [0.1, 0.15) is 18.4 Å². The highest BCUT2D eigenvalue weighted by molar-refractivity contribution is 6.30. The molecule has 130 valence electrons. The zero-order valence-electron chi connectivity index (χ0n) is 14.0. The number of hydrogen-bond acceptors (Lipinski definition) is 3. The fourth-order valence-electron chi connectivity index (χ4n) is 2.96. The monoisotopic (exact) mass is 364 g/mol. The maximum absolute atomic E-state index is 12.8. The largest absolute Gasteiger partial charge is 0.457 e. The van der Waals surface area contributed by atoms with Gasteiger partial charge in [0.25, 0.3) is 0 Å². The molecule has 0 atom stereocenters. The molecule has 0 unspecified atom stereocenters. The number of amides is 1. The minimum Gasteiger partial charge on any atom is -0.457 e. The van der Waals surface area contributed by atoms with Crippen molar-refractivity contribution in [2.24, 2.45) is 0 Å². The molecule has 1 amide bonds. The Morgan fingerprint density at radius 1 is 1.00 bits per heavy atom. The molecule has 1 heterocycles. The third-order valence-corrected chi connectivity index (χ3v) is 4.79. The number of pyridine rings is 1. The van der Waals surface area contributed by atoms with E-state index in [0.717, 1.165) is 29.8 Å². The standard InChI is InChI=1S/C21H17ClN2O2/c22-16-3-1-2-15(14-16)21(10-11-21)20(25)24-17-4-6-18(7-5-17)26-19-8-12-23-13-9-19/h1-9,12-14H,10-11H2,(H,24,25). The Hall–Kier alpha value is -2.85. The van der Waals surface area contributed by atoms with Crippen LogP contribution in [0.5, 0.6) is 11.5 Å². The van der Waals surface area contributed by atoms with Gasteiger partial charge in [0.1, 0.15) is 11.5 Å². The van der Waals surface area contributed by atoms with Crippen LogP contribution in [0.25, 0.3) is 0 Å². The Bertz CT molecular complexity index is 922. The second-order valence-electron chi connectivity index (χ2n) is 6.36. The molecule has 1 fully saturated rings. The number of benzene rings is 2. The van der Waals surface area contributed by atoms with Crippen molar-refractivity contribution in [3.8, 4) is 11.5 Å². The van der Waals surface area contributed by atoms with Gasteiger partial charge in [0.2, 0.25) is 5.91 Å². The van der Waals surface area contributed by atoms with E-state index >= 15 is 0 Å². The van der Waals surface area contributed by atoms with E-state index in [1.807, 2.05) is 48.5 Å². The summed E-state index contributed by atoms with van der Waals surface area (Å²) in [5.74, 6) is 1.42. The molecule has 1 aliphatic carbocycles. The fraction of sp³-hybridized carbons (Fsp3) is 0.143. The highest BCUT2D eigenvalue weighted by Gasteiger charge is 2.51. The van der Waals surface area contributed by atoms with Crippen LogP contribution in [-0.2, 0) is 10.2 Å². The fourth-order valence-corrected chi connectivity index (χ4v) is 3.15. The Labute approximate surface area is 156 Å². The average Bonchev–Trinajstić information content (AvgIpc) is 3.46. The lowest BCUT2D eigenvalue weighted by Gasteiger charge is -2.16. The number of rotatable bonds is 5. The molecule has 1 N–H and O–H groups in total. The minimum absolute atomic E-state index is 0.00238. The van der Waals surface area contributed by atoms with E-state index < -0.39 is 5.41 Å². The summed E-state index contributed by atoms with van der Waals surface area (Å²) in [5.41, 5.74) is 1.25. The Morgan fingerprint density at radius 3 is 2.35 bits per heavy atom. The van der Waals surface area contributed by atoms with Crippen molar-refractivity contribution >= 4 is 23.2 Å². The molecule has 0 aliphatic heterocycles. The van der Waals surface area contributed by atoms with Gasteiger partial charge in [-0.25, -0.2) is 0 Å². The SMILES string of the molecule is O=C(Nc1ccc(Oc2ccncc2)cc1)C1(c2cccc(Cl)c2)CC1. The first kappa shape index (κ1) is 16.6. The summed E-state index contributed by atoms with van der Waals surface area (Å²) < 4.78 is 5.73. The summed E-state index contributed by atoms with van der Waals surface area (Å²) in [5, 5.41) is 3.66. The van der Waals surface area contributed by atoms with E-state index in [4.69, 9.17) is 16.3 Å².